The highest BCUT2D eigenvalue weighted by Crippen LogP contribution is 2.46. The summed E-state index contributed by atoms with van der Waals surface area (Å²) in [6.45, 7) is 12.4. The molecule has 1 heteroatoms. The highest BCUT2D eigenvalue weighted by atomic mass is 14.9. The Balaban J connectivity index is 2.54. The van der Waals surface area contributed by atoms with E-state index < -0.39 is 0 Å². The smallest absolute Gasteiger partial charge is 0.0331 e. The predicted octanol–water partition coefficient (Wildman–Crippen LogP) is 3.64. The number of benzene rings is 1. The van der Waals surface area contributed by atoms with Crippen molar-refractivity contribution in [2.24, 2.45) is 0 Å². The summed E-state index contributed by atoms with van der Waals surface area (Å²) >= 11 is 0. The molecule has 0 aliphatic heterocycles. The van der Waals surface area contributed by atoms with Crippen LogP contribution >= 0.6 is 0 Å². The molecular formula is C15H23N. The zero-order valence-corrected chi connectivity index (χ0v) is 11.1. The Hall–Kier alpha value is -0.820. The SMILES string of the molecule is CCNC1CC(C)(C)c2c(C)cc(C)cc21. The molecule has 88 valence electrons. The van der Waals surface area contributed by atoms with E-state index in [1.807, 2.05) is 0 Å². The normalized spacial score (nSPS) is 22.2. The molecule has 1 aromatic carbocycles. The summed E-state index contributed by atoms with van der Waals surface area (Å²) in [7, 11) is 0. The van der Waals surface area contributed by atoms with Crippen molar-refractivity contribution >= 4 is 0 Å². The molecule has 1 atom stereocenters. The van der Waals surface area contributed by atoms with Crippen molar-refractivity contribution in [1.82, 2.24) is 5.32 Å². The molecular weight excluding hydrogens is 194 g/mol. The van der Waals surface area contributed by atoms with Crippen LogP contribution in [-0.2, 0) is 5.41 Å². The van der Waals surface area contributed by atoms with Crippen molar-refractivity contribution in [3.05, 3.63) is 34.4 Å². The van der Waals surface area contributed by atoms with E-state index in [0.717, 1.165) is 6.54 Å². The van der Waals surface area contributed by atoms with E-state index in [1.54, 1.807) is 5.56 Å². The average Bonchev–Trinajstić information content (AvgIpc) is 2.38. The van der Waals surface area contributed by atoms with Gasteiger partial charge in [-0.15, -0.1) is 0 Å². The summed E-state index contributed by atoms with van der Waals surface area (Å²) in [4.78, 5) is 0. The third kappa shape index (κ3) is 1.78. The first-order chi connectivity index (χ1) is 7.45. The van der Waals surface area contributed by atoms with Gasteiger partial charge >= 0.3 is 0 Å². The summed E-state index contributed by atoms with van der Waals surface area (Å²) in [5, 5.41) is 3.61. The van der Waals surface area contributed by atoms with Gasteiger partial charge in [0.15, 0.2) is 0 Å². The molecule has 1 aliphatic rings. The van der Waals surface area contributed by atoms with E-state index in [0.29, 0.717) is 11.5 Å². The van der Waals surface area contributed by atoms with Crippen LogP contribution in [0.3, 0.4) is 0 Å². The molecule has 1 N–H and O–H groups in total. The maximum Gasteiger partial charge on any atom is 0.0331 e. The quantitative estimate of drug-likeness (QED) is 0.797. The van der Waals surface area contributed by atoms with Crippen molar-refractivity contribution < 1.29 is 0 Å². The lowest BCUT2D eigenvalue weighted by Crippen LogP contribution is -2.20. The van der Waals surface area contributed by atoms with E-state index in [4.69, 9.17) is 0 Å². The number of aryl methyl sites for hydroxylation is 2. The van der Waals surface area contributed by atoms with Crippen LogP contribution in [0.1, 0.15) is 55.5 Å². The topological polar surface area (TPSA) is 12.0 Å². The molecule has 1 aromatic rings. The fraction of sp³-hybridized carbons (Fsp3) is 0.600. The molecule has 16 heavy (non-hydrogen) atoms. The lowest BCUT2D eigenvalue weighted by molar-refractivity contribution is 0.433. The van der Waals surface area contributed by atoms with Gasteiger partial charge in [0.1, 0.15) is 0 Å². The molecule has 0 amide bonds. The van der Waals surface area contributed by atoms with Crippen LogP contribution < -0.4 is 5.32 Å². The van der Waals surface area contributed by atoms with Gasteiger partial charge in [0, 0.05) is 6.04 Å². The first-order valence-corrected chi connectivity index (χ1v) is 6.30. The molecule has 1 aliphatic carbocycles. The van der Waals surface area contributed by atoms with Gasteiger partial charge in [-0.2, -0.15) is 0 Å². The van der Waals surface area contributed by atoms with Gasteiger partial charge in [-0.1, -0.05) is 38.5 Å². The van der Waals surface area contributed by atoms with Crippen LogP contribution in [0.4, 0.5) is 0 Å². The molecule has 0 bridgehead atoms. The number of hydrogen-bond acceptors (Lipinski definition) is 1. The molecule has 0 fully saturated rings. The number of rotatable bonds is 2. The van der Waals surface area contributed by atoms with Crippen molar-refractivity contribution in [1.29, 1.82) is 0 Å². The lowest BCUT2D eigenvalue weighted by atomic mass is 9.83. The van der Waals surface area contributed by atoms with Gasteiger partial charge in [0.05, 0.1) is 0 Å². The second-order valence-corrected chi connectivity index (χ2v) is 5.74. The molecule has 1 nitrogen and oxygen atoms in total. The van der Waals surface area contributed by atoms with Crippen LogP contribution in [-0.4, -0.2) is 6.54 Å². The Morgan fingerprint density at radius 3 is 2.62 bits per heavy atom. The fourth-order valence-corrected chi connectivity index (χ4v) is 3.35. The highest BCUT2D eigenvalue weighted by molar-refractivity contribution is 5.48. The van der Waals surface area contributed by atoms with Gasteiger partial charge < -0.3 is 5.32 Å². The molecule has 0 aromatic heterocycles. The molecule has 0 radical (unpaired) electrons. The number of fused-ring (bicyclic) bond motifs is 1. The van der Waals surface area contributed by atoms with Crippen molar-refractivity contribution in [2.45, 2.75) is 52.5 Å². The van der Waals surface area contributed by atoms with Crippen LogP contribution in [0.2, 0.25) is 0 Å². The maximum atomic E-state index is 3.61. The highest BCUT2D eigenvalue weighted by Gasteiger charge is 2.37. The second-order valence-electron chi connectivity index (χ2n) is 5.74. The summed E-state index contributed by atoms with van der Waals surface area (Å²) < 4.78 is 0. The van der Waals surface area contributed by atoms with Crippen molar-refractivity contribution in [3.63, 3.8) is 0 Å². The zero-order chi connectivity index (χ0) is 11.9. The molecule has 0 saturated heterocycles. The maximum absolute atomic E-state index is 3.61. The fourth-order valence-electron chi connectivity index (χ4n) is 3.35. The summed E-state index contributed by atoms with van der Waals surface area (Å²) in [6.07, 6.45) is 1.22. The van der Waals surface area contributed by atoms with E-state index in [1.165, 1.54) is 23.1 Å². The Labute approximate surface area is 99.3 Å². The Kier molecular flexibility index (Phi) is 2.83. The third-order valence-corrected chi connectivity index (χ3v) is 3.73. The first kappa shape index (κ1) is 11.7. The molecule has 0 saturated carbocycles. The van der Waals surface area contributed by atoms with Gasteiger partial charge in [0.2, 0.25) is 0 Å². The zero-order valence-electron chi connectivity index (χ0n) is 11.1. The summed E-state index contributed by atoms with van der Waals surface area (Å²) in [6, 6.07) is 5.23. The summed E-state index contributed by atoms with van der Waals surface area (Å²) in [5.41, 5.74) is 6.27. The predicted molar refractivity (Wildman–Crippen MR) is 70.0 cm³/mol. The van der Waals surface area contributed by atoms with Crippen molar-refractivity contribution in [3.8, 4) is 0 Å². The van der Waals surface area contributed by atoms with Gasteiger partial charge in [-0.3, -0.25) is 0 Å². The largest absolute Gasteiger partial charge is 0.310 e. The second kappa shape index (κ2) is 3.89. The van der Waals surface area contributed by atoms with Gasteiger partial charge in [-0.05, 0) is 48.9 Å². The molecule has 2 rings (SSSR count). The van der Waals surface area contributed by atoms with E-state index in [-0.39, 0.29) is 0 Å². The number of nitrogens with one attached hydrogen (secondary N) is 1. The van der Waals surface area contributed by atoms with Crippen LogP contribution in [0.25, 0.3) is 0 Å². The third-order valence-electron chi connectivity index (χ3n) is 3.73. The minimum atomic E-state index is 0.319. The van der Waals surface area contributed by atoms with Crippen molar-refractivity contribution in [2.75, 3.05) is 6.54 Å². The molecule has 0 spiro atoms. The Bertz CT molecular complexity index is 404. The monoisotopic (exact) mass is 217 g/mol. The minimum Gasteiger partial charge on any atom is -0.310 e. The molecule has 1 unspecified atom stereocenters. The van der Waals surface area contributed by atoms with Crippen LogP contribution in [0.15, 0.2) is 12.1 Å². The first-order valence-electron chi connectivity index (χ1n) is 6.30. The number of hydrogen-bond donors (Lipinski definition) is 1. The summed E-state index contributed by atoms with van der Waals surface area (Å²) in [5.74, 6) is 0. The van der Waals surface area contributed by atoms with Crippen LogP contribution in [0.5, 0.6) is 0 Å². The van der Waals surface area contributed by atoms with Gasteiger partial charge in [-0.25, -0.2) is 0 Å². The van der Waals surface area contributed by atoms with E-state index in [9.17, 15) is 0 Å². The minimum absolute atomic E-state index is 0.319. The van der Waals surface area contributed by atoms with Gasteiger partial charge in [0.25, 0.3) is 0 Å². The Morgan fingerprint density at radius 1 is 1.31 bits per heavy atom. The average molecular weight is 217 g/mol. The van der Waals surface area contributed by atoms with E-state index >= 15 is 0 Å². The Morgan fingerprint density at radius 2 is 2.00 bits per heavy atom. The molecule has 0 heterocycles. The van der Waals surface area contributed by atoms with E-state index in [2.05, 4.69) is 52.1 Å². The standard InChI is InChI=1S/C15H23N/c1-6-16-13-9-15(4,5)14-11(3)7-10(2)8-12(13)14/h7-8,13,16H,6,9H2,1-5H3. The van der Waals surface area contributed by atoms with Crippen LogP contribution in [0, 0.1) is 13.8 Å². The lowest BCUT2D eigenvalue weighted by Gasteiger charge is -2.21.